The number of piperidine rings is 1. The maximum Gasteiger partial charge on any atom is 0.243 e. The standard InChI is InChI=1S/C26H25FN2O4S/c1-18-7-12-24(23(17-18)25(30)19-5-3-2-4-6-19)28-26(31)20-13-15-29(16-14-20)34(32,33)22-10-8-21(27)9-11-22/h2-12,17,20H,13-16H2,1H3,(H,28,31). The number of carbonyl (C=O) groups excluding carboxylic acids is 2. The summed E-state index contributed by atoms with van der Waals surface area (Å²) < 4.78 is 40.1. The average molecular weight is 481 g/mol. The first-order valence-electron chi connectivity index (χ1n) is 11.0. The number of nitrogens with one attached hydrogen (secondary N) is 1. The van der Waals surface area contributed by atoms with E-state index in [0.29, 0.717) is 29.7 Å². The van der Waals surface area contributed by atoms with Gasteiger partial charge in [0.15, 0.2) is 5.78 Å². The lowest BCUT2D eigenvalue weighted by molar-refractivity contribution is -0.120. The minimum atomic E-state index is -3.75. The van der Waals surface area contributed by atoms with Crippen LogP contribution in [0.3, 0.4) is 0 Å². The predicted molar refractivity (Wildman–Crippen MR) is 128 cm³/mol. The highest BCUT2D eigenvalue weighted by Crippen LogP contribution is 2.27. The van der Waals surface area contributed by atoms with Crippen LogP contribution in [0.15, 0.2) is 77.7 Å². The van der Waals surface area contributed by atoms with Crippen molar-refractivity contribution >= 4 is 27.4 Å². The maximum atomic E-state index is 13.2. The van der Waals surface area contributed by atoms with Crippen LogP contribution in [0, 0.1) is 18.7 Å². The number of benzene rings is 3. The van der Waals surface area contributed by atoms with Crippen LogP contribution in [0.5, 0.6) is 0 Å². The van der Waals surface area contributed by atoms with Gasteiger partial charge in [-0.2, -0.15) is 4.31 Å². The summed E-state index contributed by atoms with van der Waals surface area (Å²) in [5.41, 5.74) is 2.28. The van der Waals surface area contributed by atoms with Gasteiger partial charge in [0.2, 0.25) is 15.9 Å². The Labute approximate surface area is 198 Å². The van der Waals surface area contributed by atoms with Gasteiger partial charge in [0.25, 0.3) is 0 Å². The fourth-order valence-corrected chi connectivity index (χ4v) is 5.52. The Morgan fingerprint density at radius 3 is 2.24 bits per heavy atom. The second-order valence-corrected chi connectivity index (χ2v) is 10.3. The minimum absolute atomic E-state index is 0.0283. The molecule has 0 aromatic heterocycles. The lowest BCUT2D eigenvalue weighted by atomic mass is 9.96. The molecule has 8 heteroatoms. The van der Waals surface area contributed by atoms with Crippen molar-refractivity contribution in [3.63, 3.8) is 0 Å². The highest BCUT2D eigenvalue weighted by atomic mass is 32.2. The van der Waals surface area contributed by atoms with Crippen LogP contribution in [0.2, 0.25) is 0 Å². The number of aryl methyl sites for hydroxylation is 1. The van der Waals surface area contributed by atoms with E-state index in [1.165, 1.54) is 16.4 Å². The highest BCUT2D eigenvalue weighted by Gasteiger charge is 2.32. The van der Waals surface area contributed by atoms with Crippen LogP contribution >= 0.6 is 0 Å². The summed E-state index contributed by atoms with van der Waals surface area (Å²) in [4.78, 5) is 26.1. The second-order valence-electron chi connectivity index (χ2n) is 8.37. The molecule has 0 bridgehead atoms. The zero-order valence-electron chi connectivity index (χ0n) is 18.7. The molecule has 0 spiro atoms. The third kappa shape index (κ3) is 5.08. The SMILES string of the molecule is Cc1ccc(NC(=O)C2CCN(S(=O)(=O)c3ccc(F)cc3)CC2)c(C(=O)c2ccccc2)c1. The number of ketones is 1. The van der Waals surface area contributed by atoms with Crippen molar-refractivity contribution in [1.29, 1.82) is 0 Å². The van der Waals surface area contributed by atoms with E-state index in [9.17, 15) is 22.4 Å². The van der Waals surface area contributed by atoms with Crippen molar-refractivity contribution in [3.8, 4) is 0 Å². The molecule has 1 aliphatic heterocycles. The van der Waals surface area contributed by atoms with Crippen LogP contribution in [-0.4, -0.2) is 37.5 Å². The smallest absolute Gasteiger partial charge is 0.243 e. The third-order valence-electron chi connectivity index (χ3n) is 5.99. The van der Waals surface area contributed by atoms with Gasteiger partial charge in [0, 0.05) is 30.1 Å². The number of nitrogens with zero attached hydrogens (tertiary/aromatic N) is 1. The van der Waals surface area contributed by atoms with Crippen molar-refractivity contribution in [2.75, 3.05) is 18.4 Å². The molecule has 3 aromatic carbocycles. The molecule has 3 aromatic rings. The van der Waals surface area contributed by atoms with Crippen LogP contribution < -0.4 is 5.32 Å². The molecule has 1 aliphatic rings. The van der Waals surface area contributed by atoms with Crippen molar-refractivity contribution in [1.82, 2.24) is 4.31 Å². The fraction of sp³-hybridized carbons (Fsp3) is 0.231. The Balaban J connectivity index is 1.45. The van der Waals surface area contributed by atoms with Gasteiger partial charge in [-0.25, -0.2) is 12.8 Å². The van der Waals surface area contributed by atoms with Crippen LogP contribution in [0.4, 0.5) is 10.1 Å². The van der Waals surface area contributed by atoms with E-state index in [4.69, 9.17) is 0 Å². The number of anilines is 1. The van der Waals surface area contributed by atoms with E-state index in [-0.39, 0.29) is 35.6 Å². The summed E-state index contributed by atoms with van der Waals surface area (Å²) in [5.74, 6) is -1.32. The molecule has 0 unspecified atom stereocenters. The van der Waals surface area contributed by atoms with E-state index >= 15 is 0 Å². The first kappa shape index (κ1) is 23.8. The molecular weight excluding hydrogens is 455 g/mol. The van der Waals surface area contributed by atoms with E-state index in [1.807, 2.05) is 19.1 Å². The van der Waals surface area contributed by atoms with Gasteiger partial charge in [-0.05, 0) is 56.2 Å². The topological polar surface area (TPSA) is 83.6 Å². The Morgan fingerprint density at radius 2 is 1.59 bits per heavy atom. The van der Waals surface area contributed by atoms with Crippen molar-refractivity contribution in [3.05, 3.63) is 95.3 Å². The van der Waals surface area contributed by atoms with Crippen molar-refractivity contribution in [2.45, 2.75) is 24.7 Å². The maximum absolute atomic E-state index is 13.2. The summed E-state index contributed by atoms with van der Waals surface area (Å²) in [6, 6.07) is 18.9. The lowest BCUT2D eigenvalue weighted by Crippen LogP contribution is -2.41. The van der Waals surface area contributed by atoms with Gasteiger partial charge < -0.3 is 5.32 Å². The Hall–Kier alpha value is -3.36. The number of rotatable bonds is 6. The number of hydrogen-bond donors (Lipinski definition) is 1. The number of halogens is 1. The molecule has 1 N–H and O–H groups in total. The molecule has 1 amide bonds. The molecule has 0 aliphatic carbocycles. The van der Waals surface area contributed by atoms with Crippen LogP contribution in [0.25, 0.3) is 0 Å². The van der Waals surface area contributed by atoms with E-state index in [0.717, 1.165) is 17.7 Å². The predicted octanol–water partition coefficient (Wildman–Crippen LogP) is 4.40. The minimum Gasteiger partial charge on any atom is -0.325 e. The van der Waals surface area contributed by atoms with E-state index in [2.05, 4.69) is 5.32 Å². The average Bonchev–Trinajstić information content (AvgIpc) is 2.85. The zero-order valence-corrected chi connectivity index (χ0v) is 19.5. The Kier molecular flexibility index (Phi) is 6.90. The molecule has 176 valence electrons. The molecule has 34 heavy (non-hydrogen) atoms. The summed E-state index contributed by atoms with van der Waals surface area (Å²) in [6.07, 6.45) is 0.695. The van der Waals surface area contributed by atoms with Crippen LogP contribution in [0.1, 0.15) is 34.3 Å². The van der Waals surface area contributed by atoms with Gasteiger partial charge in [0.05, 0.1) is 10.6 Å². The van der Waals surface area contributed by atoms with Gasteiger partial charge in [-0.15, -0.1) is 0 Å². The molecule has 6 nitrogen and oxygen atoms in total. The molecule has 1 fully saturated rings. The van der Waals surface area contributed by atoms with Gasteiger partial charge in [-0.1, -0.05) is 42.0 Å². The number of carbonyl (C=O) groups is 2. The monoisotopic (exact) mass is 480 g/mol. The van der Waals surface area contributed by atoms with Crippen molar-refractivity contribution in [2.24, 2.45) is 5.92 Å². The Morgan fingerprint density at radius 1 is 0.941 bits per heavy atom. The zero-order chi connectivity index (χ0) is 24.3. The molecular formula is C26H25FN2O4S. The van der Waals surface area contributed by atoms with Crippen LogP contribution in [-0.2, 0) is 14.8 Å². The first-order chi connectivity index (χ1) is 16.3. The van der Waals surface area contributed by atoms with E-state index < -0.39 is 15.8 Å². The van der Waals surface area contributed by atoms with E-state index in [1.54, 1.807) is 36.4 Å². The number of hydrogen-bond acceptors (Lipinski definition) is 4. The second kappa shape index (κ2) is 9.87. The summed E-state index contributed by atoms with van der Waals surface area (Å²) in [7, 11) is -3.75. The largest absolute Gasteiger partial charge is 0.325 e. The molecule has 1 heterocycles. The van der Waals surface area contributed by atoms with Gasteiger partial charge >= 0.3 is 0 Å². The van der Waals surface area contributed by atoms with Crippen molar-refractivity contribution < 1.29 is 22.4 Å². The summed E-state index contributed by atoms with van der Waals surface area (Å²) in [5, 5.41) is 2.88. The lowest BCUT2D eigenvalue weighted by Gasteiger charge is -2.30. The number of sulfonamides is 1. The summed E-state index contributed by atoms with van der Waals surface area (Å²) in [6.45, 7) is 2.24. The van der Waals surface area contributed by atoms with Gasteiger partial charge in [-0.3, -0.25) is 9.59 Å². The molecule has 4 rings (SSSR count). The summed E-state index contributed by atoms with van der Waals surface area (Å²) >= 11 is 0. The fourth-order valence-electron chi connectivity index (χ4n) is 4.05. The highest BCUT2D eigenvalue weighted by molar-refractivity contribution is 7.89. The first-order valence-corrected chi connectivity index (χ1v) is 12.5. The number of amides is 1. The molecule has 0 saturated carbocycles. The molecule has 0 radical (unpaired) electrons. The third-order valence-corrected chi connectivity index (χ3v) is 7.90. The molecule has 0 atom stereocenters. The normalized spacial score (nSPS) is 15.1. The quantitative estimate of drug-likeness (QED) is 0.530. The molecule has 1 saturated heterocycles. The van der Waals surface area contributed by atoms with Gasteiger partial charge in [0.1, 0.15) is 5.82 Å². The Bertz CT molecular complexity index is 1300.